The smallest absolute Gasteiger partial charge is 0.450 e. The fourth-order valence-corrected chi connectivity index (χ4v) is 2.46. The molecule has 0 saturated heterocycles. The van der Waals surface area contributed by atoms with Crippen molar-refractivity contribution in [2.45, 2.75) is 13.4 Å². The van der Waals surface area contributed by atoms with Crippen molar-refractivity contribution in [3.63, 3.8) is 0 Å². The van der Waals surface area contributed by atoms with E-state index in [0.717, 1.165) is 0 Å². The van der Waals surface area contributed by atoms with Crippen LogP contribution in [0.3, 0.4) is 0 Å². The molecule has 0 saturated carbocycles. The Labute approximate surface area is 136 Å². The van der Waals surface area contributed by atoms with Gasteiger partial charge in [0.25, 0.3) is 0 Å². The van der Waals surface area contributed by atoms with Crippen LogP contribution < -0.4 is 9.47 Å². The van der Waals surface area contributed by atoms with E-state index in [1.54, 1.807) is 37.3 Å². The van der Waals surface area contributed by atoms with E-state index in [4.69, 9.17) is 26.2 Å². The fraction of sp³-hybridized carbons (Fsp3) is 0.125. The van der Waals surface area contributed by atoms with Crippen molar-refractivity contribution in [2.24, 2.45) is 0 Å². The highest BCUT2D eigenvalue weighted by atomic mass is 35.5. The van der Waals surface area contributed by atoms with Gasteiger partial charge < -0.3 is 19.3 Å². The standard InChI is InChI=1S/C16H11ClO6/c1-8-6-12-13(22-16(21-12)23-15(19)20)7-10(8)14(18)9-4-2-3-5-11(9)17/h2-7,16H,1H3,(H,19,20). The summed E-state index contributed by atoms with van der Waals surface area (Å²) in [5.41, 5.74) is 1.40. The molecule has 1 aliphatic rings. The molecule has 2 aromatic carbocycles. The van der Waals surface area contributed by atoms with Crippen molar-refractivity contribution in [2.75, 3.05) is 0 Å². The molecule has 1 N–H and O–H groups in total. The molecule has 0 aromatic heterocycles. The zero-order valence-corrected chi connectivity index (χ0v) is 12.7. The molecular weight excluding hydrogens is 324 g/mol. The summed E-state index contributed by atoms with van der Waals surface area (Å²) in [4.78, 5) is 23.2. The number of carbonyl (C=O) groups is 2. The number of carboxylic acid groups (broad SMARTS) is 1. The minimum absolute atomic E-state index is 0.234. The van der Waals surface area contributed by atoms with E-state index in [1.165, 1.54) is 6.07 Å². The van der Waals surface area contributed by atoms with Gasteiger partial charge in [-0.25, -0.2) is 4.79 Å². The molecule has 118 valence electrons. The third-order valence-corrected chi connectivity index (χ3v) is 3.63. The second kappa shape index (κ2) is 5.81. The summed E-state index contributed by atoms with van der Waals surface area (Å²) in [5.74, 6) is 0.281. The number of hydrogen-bond acceptors (Lipinski definition) is 5. The van der Waals surface area contributed by atoms with Gasteiger partial charge in [0.2, 0.25) is 0 Å². The van der Waals surface area contributed by atoms with E-state index >= 15 is 0 Å². The molecule has 3 rings (SSSR count). The third kappa shape index (κ3) is 2.93. The first kappa shape index (κ1) is 15.2. The van der Waals surface area contributed by atoms with Gasteiger partial charge in [-0.2, -0.15) is 0 Å². The summed E-state index contributed by atoms with van der Waals surface area (Å²) in [6, 6.07) is 9.79. The van der Waals surface area contributed by atoms with E-state index < -0.39 is 12.6 Å². The van der Waals surface area contributed by atoms with Crippen LogP contribution in [0.15, 0.2) is 36.4 Å². The molecule has 0 fully saturated rings. The van der Waals surface area contributed by atoms with Crippen LogP contribution in [0.2, 0.25) is 5.02 Å². The Balaban J connectivity index is 1.93. The quantitative estimate of drug-likeness (QED) is 0.681. The predicted molar refractivity (Wildman–Crippen MR) is 80.2 cm³/mol. The van der Waals surface area contributed by atoms with Crippen LogP contribution in [0.5, 0.6) is 11.5 Å². The van der Waals surface area contributed by atoms with Gasteiger partial charge >= 0.3 is 12.6 Å². The third-order valence-electron chi connectivity index (χ3n) is 3.30. The van der Waals surface area contributed by atoms with Crippen LogP contribution in [0.25, 0.3) is 0 Å². The van der Waals surface area contributed by atoms with Gasteiger partial charge in [0.1, 0.15) is 0 Å². The summed E-state index contributed by atoms with van der Waals surface area (Å²) in [5, 5.41) is 8.93. The van der Waals surface area contributed by atoms with Crippen LogP contribution in [-0.2, 0) is 4.74 Å². The van der Waals surface area contributed by atoms with E-state index in [9.17, 15) is 9.59 Å². The summed E-state index contributed by atoms with van der Waals surface area (Å²) in [6.45, 7) is 0.353. The van der Waals surface area contributed by atoms with Gasteiger partial charge in [-0.1, -0.05) is 23.7 Å². The summed E-state index contributed by atoms with van der Waals surface area (Å²) in [7, 11) is 0. The van der Waals surface area contributed by atoms with E-state index in [1.807, 2.05) is 0 Å². The van der Waals surface area contributed by atoms with E-state index in [-0.39, 0.29) is 11.5 Å². The number of fused-ring (bicyclic) bond motifs is 1. The minimum atomic E-state index is -1.52. The van der Waals surface area contributed by atoms with Gasteiger partial charge in [-0.15, -0.1) is 0 Å². The number of hydrogen-bond donors (Lipinski definition) is 1. The first-order valence-corrected chi connectivity index (χ1v) is 7.00. The lowest BCUT2D eigenvalue weighted by Crippen LogP contribution is -2.24. The van der Waals surface area contributed by atoms with Crippen molar-refractivity contribution in [3.05, 3.63) is 58.1 Å². The Morgan fingerprint density at radius 3 is 2.43 bits per heavy atom. The van der Waals surface area contributed by atoms with Gasteiger partial charge in [-0.05, 0) is 36.8 Å². The molecule has 2 aromatic rings. The molecule has 23 heavy (non-hydrogen) atoms. The molecule has 0 radical (unpaired) electrons. The number of ketones is 1. The second-order valence-electron chi connectivity index (χ2n) is 4.83. The minimum Gasteiger partial charge on any atom is -0.450 e. The molecule has 1 aliphatic heterocycles. The lowest BCUT2D eigenvalue weighted by molar-refractivity contribution is -0.147. The number of aryl methyl sites for hydroxylation is 1. The maximum Gasteiger partial charge on any atom is 0.511 e. The van der Waals surface area contributed by atoms with Crippen LogP contribution in [0.4, 0.5) is 4.79 Å². The Bertz CT molecular complexity index is 801. The lowest BCUT2D eigenvalue weighted by Gasteiger charge is -2.08. The number of rotatable bonds is 3. The highest BCUT2D eigenvalue weighted by Crippen LogP contribution is 2.38. The fourth-order valence-electron chi connectivity index (χ4n) is 2.24. The normalized spacial score (nSPS) is 15.3. The monoisotopic (exact) mass is 334 g/mol. The van der Waals surface area contributed by atoms with Gasteiger partial charge in [-0.3, -0.25) is 4.79 Å². The molecule has 1 heterocycles. The van der Waals surface area contributed by atoms with Crippen molar-refractivity contribution in [3.8, 4) is 11.5 Å². The van der Waals surface area contributed by atoms with Crippen LogP contribution >= 0.6 is 11.6 Å². The predicted octanol–water partition coefficient (Wildman–Crippen LogP) is 3.63. The summed E-state index contributed by atoms with van der Waals surface area (Å²) < 4.78 is 14.8. The Kier molecular flexibility index (Phi) is 3.83. The van der Waals surface area contributed by atoms with Crippen molar-refractivity contribution >= 4 is 23.5 Å². The molecule has 0 bridgehead atoms. The lowest BCUT2D eigenvalue weighted by atomic mass is 9.98. The van der Waals surface area contributed by atoms with Crippen molar-refractivity contribution in [1.82, 2.24) is 0 Å². The van der Waals surface area contributed by atoms with Crippen LogP contribution in [-0.4, -0.2) is 23.5 Å². The average molecular weight is 335 g/mol. The molecular formula is C16H11ClO6. The number of benzene rings is 2. The Morgan fingerprint density at radius 1 is 1.13 bits per heavy atom. The van der Waals surface area contributed by atoms with Crippen LogP contribution in [0.1, 0.15) is 21.5 Å². The van der Waals surface area contributed by atoms with Gasteiger partial charge in [0.05, 0.1) is 5.02 Å². The topological polar surface area (TPSA) is 82.1 Å². The number of halogens is 1. The molecule has 0 spiro atoms. The highest BCUT2D eigenvalue weighted by molar-refractivity contribution is 6.35. The molecule has 6 nitrogen and oxygen atoms in total. The van der Waals surface area contributed by atoms with Crippen molar-refractivity contribution in [1.29, 1.82) is 0 Å². The van der Waals surface area contributed by atoms with Crippen LogP contribution in [0, 0.1) is 6.92 Å². The molecule has 0 amide bonds. The second-order valence-corrected chi connectivity index (χ2v) is 5.24. The maximum atomic E-state index is 12.6. The van der Waals surface area contributed by atoms with E-state index in [0.29, 0.717) is 27.5 Å². The Morgan fingerprint density at radius 2 is 1.78 bits per heavy atom. The van der Waals surface area contributed by atoms with Gasteiger partial charge in [0, 0.05) is 11.1 Å². The first-order chi connectivity index (χ1) is 11.0. The number of ether oxygens (including phenoxy) is 3. The number of carbonyl (C=O) groups excluding carboxylic acids is 1. The SMILES string of the molecule is Cc1cc2c(cc1C(=O)c1ccccc1Cl)OC(OC(=O)O)O2. The Hall–Kier alpha value is -2.73. The first-order valence-electron chi connectivity index (χ1n) is 6.62. The zero-order valence-electron chi connectivity index (χ0n) is 11.9. The van der Waals surface area contributed by atoms with E-state index in [2.05, 4.69) is 4.74 Å². The molecule has 1 atom stereocenters. The highest BCUT2D eigenvalue weighted by Gasteiger charge is 2.29. The van der Waals surface area contributed by atoms with Gasteiger partial charge in [0.15, 0.2) is 17.3 Å². The van der Waals surface area contributed by atoms with Crippen molar-refractivity contribution < 1.29 is 28.9 Å². The summed E-state index contributed by atoms with van der Waals surface area (Å²) >= 11 is 6.06. The zero-order chi connectivity index (χ0) is 16.6. The maximum absolute atomic E-state index is 12.6. The summed E-state index contributed by atoms with van der Waals surface area (Å²) in [6.07, 6.45) is -1.52. The molecule has 7 heteroatoms. The largest absolute Gasteiger partial charge is 0.511 e. The molecule has 1 unspecified atom stereocenters. The average Bonchev–Trinajstić information content (AvgIpc) is 2.86. The molecule has 0 aliphatic carbocycles.